The van der Waals surface area contributed by atoms with Gasteiger partial charge in [0, 0.05) is 0 Å². The number of anilines is 1. The zero-order chi connectivity index (χ0) is 18.4. The highest BCUT2D eigenvalue weighted by Crippen LogP contribution is 2.32. The number of ether oxygens (including phenoxy) is 2. The molecule has 0 atom stereocenters. The number of nitrogens with one attached hydrogen (secondary N) is 1. The van der Waals surface area contributed by atoms with E-state index in [9.17, 15) is 13.2 Å². The molecule has 0 aliphatic carbocycles. The van der Waals surface area contributed by atoms with Crippen LogP contribution < -0.4 is 9.46 Å². The minimum absolute atomic E-state index is 0.00743. The lowest BCUT2D eigenvalue weighted by Gasteiger charge is -2.12. The molecule has 0 fully saturated rings. The monoisotopic (exact) mass is 403 g/mol. The number of hydrogen-bond acceptors (Lipinski definition) is 5. The van der Waals surface area contributed by atoms with Gasteiger partial charge in [-0.25, -0.2) is 13.2 Å². The third-order valence-electron chi connectivity index (χ3n) is 3.00. The van der Waals surface area contributed by atoms with Crippen LogP contribution >= 0.6 is 23.2 Å². The van der Waals surface area contributed by atoms with Gasteiger partial charge in [0.05, 0.1) is 27.2 Å². The second-order valence-electron chi connectivity index (χ2n) is 4.77. The van der Waals surface area contributed by atoms with E-state index in [1.54, 1.807) is 13.0 Å². The van der Waals surface area contributed by atoms with Crippen LogP contribution in [0, 0.1) is 0 Å². The van der Waals surface area contributed by atoms with Crippen molar-refractivity contribution in [1.82, 2.24) is 0 Å². The van der Waals surface area contributed by atoms with Gasteiger partial charge in [-0.1, -0.05) is 29.3 Å². The number of halogens is 2. The Labute approximate surface area is 155 Å². The average Bonchev–Trinajstić information content (AvgIpc) is 2.57. The lowest BCUT2D eigenvalue weighted by Crippen LogP contribution is -2.15. The first kappa shape index (κ1) is 19.4. The molecule has 0 radical (unpaired) electrons. The molecule has 0 saturated carbocycles. The first-order valence-electron chi connectivity index (χ1n) is 7.19. The molecule has 0 aromatic heterocycles. The fourth-order valence-corrected chi connectivity index (χ4v) is 3.55. The summed E-state index contributed by atoms with van der Waals surface area (Å²) >= 11 is 11.9. The molecule has 134 valence electrons. The molecule has 6 nitrogen and oxygen atoms in total. The van der Waals surface area contributed by atoms with Crippen LogP contribution in [0.2, 0.25) is 10.0 Å². The minimum atomic E-state index is -3.88. The van der Waals surface area contributed by atoms with Gasteiger partial charge in [0.25, 0.3) is 10.0 Å². The fourth-order valence-electron chi connectivity index (χ4n) is 1.85. The Morgan fingerprint density at radius 2 is 1.68 bits per heavy atom. The van der Waals surface area contributed by atoms with E-state index in [1.165, 1.54) is 36.4 Å². The smallest absolute Gasteiger partial charge is 0.344 e. The normalized spacial score (nSPS) is 11.0. The quantitative estimate of drug-likeness (QED) is 0.712. The van der Waals surface area contributed by atoms with Crippen molar-refractivity contribution >= 4 is 44.9 Å². The number of benzene rings is 2. The summed E-state index contributed by atoms with van der Waals surface area (Å²) in [6.45, 7) is 1.69. The third kappa shape index (κ3) is 5.26. The van der Waals surface area contributed by atoms with Crippen LogP contribution in [0.15, 0.2) is 47.4 Å². The van der Waals surface area contributed by atoms with Crippen LogP contribution in [-0.2, 0) is 19.6 Å². The summed E-state index contributed by atoms with van der Waals surface area (Å²) in [7, 11) is -3.88. The predicted molar refractivity (Wildman–Crippen MR) is 95.8 cm³/mol. The third-order valence-corrected chi connectivity index (χ3v) is 4.99. The molecule has 0 spiro atoms. The van der Waals surface area contributed by atoms with E-state index < -0.39 is 16.0 Å². The van der Waals surface area contributed by atoms with Gasteiger partial charge in [-0.05, 0) is 43.3 Å². The summed E-state index contributed by atoms with van der Waals surface area (Å²) in [6.07, 6.45) is 0. The zero-order valence-electron chi connectivity index (χ0n) is 13.2. The Morgan fingerprint density at radius 1 is 1.08 bits per heavy atom. The first-order chi connectivity index (χ1) is 11.8. The molecule has 0 bridgehead atoms. The minimum Gasteiger partial charge on any atom is -0.482 e. The molecule has 2 aromatic carbocycles. The molecule has 9 heteroatoms. The molecule has 25 heavy (non-hydrogen) atoms. The van der Waals surface area contributed by atoms with Gasteiger partial charge in [0.15, 0.2) is 6.61 Å². The summed E-state index contributed by atoms with van der Waals surface area (Å²) in [5.74, 6) is -0.169. The topological polar surface area (TPSA) is 81.7 Å². The van der Waals surface area contributed by atoms with E-state index in [4.69, 9.17) is 32.7 Å². The van der Waals surface area contributed by atoms with E-state index >= 15 is 0 Å². The Bertz CT molecular complexity index is 833. The summed E-state index contributed by atoms with van der Waals surface area (Å²) in [4.78, 5) is 11.2. The molecule has 2 rings (SSSR count). The molecule has 0 amide bonds. The molecular weight excluding hydrogens is 389 g/mol. The van der Waals surface area contributed by atoms with Crippen LogP contribution in [0.3, 0.4) is 0 Å². The highest BCUT2D eigenvalue weighted by atomic mass is 35.5. The standard InChI is InChI=1S/C16H15Cl2NO5S/c1-2-23-15(20)10-24-11-6-8-12(9-7-11)25(21,22)19-16-13(17)4-3-5-14(16)18/h3-9,19H,2,10H2,1H3. The lowest BCUT2D eigenvalue weighted by molar-refractivity contribution is -0.145. The number of esters is 1. The van der Waals surface area contributed by atoms with Gasteiger partial charge < -0.3 is 9.47 Å². The molecule has 2 aromatic rings. The van der Waals surface area contributed by atoms with E-state index in [-0.39, 0.29) is 33.8 Å². The first-order valence-corrected chi connectivity index (χ1v) is 9.42. The average molecular weight is 404 g/mol. The second kappa shape index (κ2) is 8.42. The van der Waals surface area contributed by atoms with E-state index in [1.807, 2.05) is 0 Å². The van der Waals surface area contributed by atoms with E-state index in [0.717, 1.165) is 0 Å². The van der Waals surface area contributed by atoms with Crippen molar-refractivity contribution in [2.45, 2.75) is 11.8 Å². The van der Waals surface area contributed by atoms with Crippen molar-refractivity contribution in [3.8, 4) is 5.75 Å². The Morgan fingerprint density at radius 3 is 2.24 bits per heavy atom. The van der Waals surface area contributed by atoms with Crippen molar-refractivity contribution in [2.75, 3.05) is 17.9 Å². The molecule has 0 heterocycles. The Balaban J connectivity index is 2.11. The van der Waals surface area contributed by atoms with Crippen molar-refractivity contribution < 1.29 is 22.7 Å². The van der Waals surface area contributed by atoms with Crippen LogP contribution in [0.5, 0.6) is 5.75 Å². The van der Waals surface area contributed by atoms with Crippen molar-refractivity contribution in [2.24, 2.45) is 0 Å². The number of sulfonamides is 1. The van der Waals surface area contributed by atoms with Gasteiger partial charge >= 0.3 is 5.97 Å². The molecule has 0 unspecified atom stereocenters. The van der Waals surface area contributed by atoms with E-state index in [2.05, 4.69) is 4.72 Å². The van der Waals surface area contributed by atoms with Gasteiger partial charge in [-0.2, -0.15) is 0 Å². The van der Waals surface area contributed by atoms with Gasteiger partial charge in [0.2, 0.25) is 0 Å². The lowest BCUT2D eigenvalue weighted by atomic mass is 10.3. The summed E-state index contributed by atoms with van der Waals surface area (Å²) < 4.78 is 37.1. The molecule has 1 N–H and O–H groups in total. The van der Waals surface area contributed by atoms with E-state index in [0.29, 0.717) is 5.75 Å². The second-order valence-corrected chi connectivity index (χ2v) is 7.26. The van der Waals surface area contributed by atoms with Crippen molar-refractivity contribution in [1.29, 1.82) is 0 Å². The van der Waals surface area contributed by atoms with Crippen LogP contribution in [0.4, 0.5) is 5.69 Å². The zero-order valence-corrected chi connectivity index (χ0v) is 15.5. The largest absolute Gasteiger partial charge is 0.482 e. The molecule has 0 aliphatic heterocycles. The SMILES string of the molecule is CCOC(=O)COc1ccc(S(=O)(=O)Nc2c(Cl)cccc2Cl)cc1. The van der Waals surface area contributed by atoms with Crippen molar-refractivity contribution in [3.05, 3.63) is 52.5 Å². The molecular formula is C16H15Cl2NO5S. The number of rotatable bonds is 7. The number of carbonyl (C=O) groups is 1. The number of hydrogen-bond donors (Lipinski definition) is 1. The van der Waals surface area contributed by atoms with Gasteiger partial charge in [-0.15, -0.1) is 0 Å². The van der Waals surface area contributed by atoms with Crippen LogP contribution in [-0.4, -0.2) is 27.6 Å². The number of para-hydroxylation sites is 1. The summed E-state index contributed by atoms with van der Waals surface area (Å²) in [6, 6.07) is 10.2. The maximum atomic E-state index is 12.4. The Hall–Kier alpha value is -1.96. The highest BCUT2D eigenvalue weighted by molar-refractivity contribution is 7.92. The number of carbonyl (C=O) groups excluding carboxylic acids is 1. The molecule has 0 saturated heterocycles. The Kier molecular flexibility index (Phi) is 6.52. The van der Waals surface area contributed by atoms with Gasteiger partial charge in [0.1, 0.15) is 5.75 Å². The van der Waals surface area contributed by atoms with Crippen LogP contribution in [0.25, 0.3) is 0 Å². The fraction of sp³-hybridized carbons (Fsp3) is 0.188. The highest BCUT2D eigenvalue weighted by Gasteiger charge is 2.18. The van der Waals surface area contributed by atoms with Crippen molar-refractivity contribution in [3.63, 3.8) is 0 Å². The predicted octanol–water partition coefficient (Wildman–Crippen LogP) is 3.74. The van der Waals surface area contributed by atoms with Gasteiger partial charge in [-0.3, -0.25) is 4.72 Å². The maximum absolute atomic E-state index is 12.4. The maximum Gasteiger partial charge on any atom is 0.344 e. The van der Waals surface area contributed by atoms with Crippen LogP contribution in [0.1, 0.15) is 6.92 Å². The summed E-state index contributed by atoms with van der Waals surface area (Å²) in [5.41, 5.74) is 0.105. The summed E-state index contributed by atoms with van der Waals surface area (Å²) in [5, 5.41) is 0.371. The molecule has 0 aliphatic rings.